The summed E-state index contributed by atoms with van der Waals surface area (Å²) >= 11 is 0. The summed E-state index contributed by atoms with van der Waals surface area (Å²) in [5.41, 5.74) is 6.59. The van der Waals surface area contributed by atoms with Crippen molar-refractivity contribution in [1.82, 2.24) is 15.2 Å². The Morgan fingerprint density at radius 1 is 1.62 bits per heavy atom. The van der Waals surface area contributed by atoms with Gasteiger partial charge in [-0.2, -0.15) is 0 Å². The Morgan fingerprint density at radius 2 is 2.31 bits per heavy atom. The quantitative estimate of drug-likeness (QED) is 0.688. The first-order chi connectivity index (χ1) is 7.50. The topological polar surface area (TPSA) is 74.2 Å². The fraction of sp³-hybridized carbons (Fsp3) is 0.545. The number of nitrogens with one attached hydrogen (secondary N) is 2. The van der Waals surface area contributed by atoms with Gasteiger partial charge in [-0.15, -0.1) is 0 Å². The Balaban J connectivity index is 2.31. The summed E-state index contributed by atoms with van der Waals surface area (Å²) in [6.45, 7) is 5.70. The predicted molar refractivity (Wildman–Crippen MR) is 65.3 cm³/mol. The fourth-order valence-corrected chi connectivity index (χ4v) is 1.24. The van der Waals surface area contributed by atoms with E-state index in [0.29, 0.717) is 24.0 Å². The zero-order valence-electron chi connectivity index (χ0n) is 10.1. The number of nitrogens with two attached hydrogens (primary N) is 1. The van der Waals surface area contributed by atoms with Gasteiger partial charge < -0.3 is 20.9 Å². The second-order valence-corrected chi connectivity index (χ2v) is 4.18. The minimum Gasteiger partial charge on any atom is -0.397 e. The van der Waals surface area contributed by atoms with Crippen LogP contribution in [-0.4, -0.2) is 42.0 Å². The molecule has 0 saturated heterocycles. The molecule has 90 valence electrons. The first kappa shape index (κ1) is 12.6. The lowest BCUT2D eigenvalue weighted by Gasteiger charge is -2.20. The van der Waals surface area contributed by atoms with Gasteiger partial charge >= 0.3 is 0 Å². The minimum atomic E-state index is -0.117. The van der Waals surface area contributed by atoms with E-state index in [4.69, 9.17) is 5.73 Å². The van der Waals surface area contributed by atoms with Gasteiger partial charge in [-0.05, 0) is 27.0 Å². The summed E-state index contributed by atoms with van der Waals surface area (Å²) in [5, 5.41) is 2.83. The van der Waals surface area contributed by atoms with Crippen molar-refractivity contribution in [3.63, 3.8) is 0 Å². The van der Waals surface area contributed by atoms with Crippen LogP contribution in [0.3, 0.4) is 0 Å². The third-order valence-electron chi connectivity index (χ3n) is 2.58. The molecule has 1 rings (SSSR count). The first-order valence-electron chi connectivity index (χ1n) is 5.43. The zero-order chi connectivity index (χ0) is 12.1. The van der Waals surface area contributed by atoms with E-state index >= 15 is 0 Å². The van der Waals surface area contributed by atoms with Gasteiger partial charge in [0.05, 0.1) is 0 Å². The van der Waals surface area contributed by atoms with Gasteiger partial charge in [0.15, 0.2) is 0 Å². The van der Waals surface area contributed by atoms with Crippen LogP contribution in [0.15, 0.2) is 12.3 Å². The standard InChI is InChI=1S/C11H20N4O/c1-8(2)15(3)5-4-13-11(16)10-6-9(12)7-14-10/h6-8,14H,4-5,12H2,1-3H3,(H,13,16). The maximum Gasteiger partial charge on any atom is 0.267 e. The van der Waals surface area contributed by atoms with Gasteiger partial charge in [-0.3, -0.25) is 4.79 Å². The second kappa shape index (κ2) is 5.55. The Bertz CT molecular complexity index is 346. The Labute approximate surface area is 96.0 Å². The van der Waals surface area contributed by atoms with Crippen LogP contribution in [0.25, 0.3) is 0 Å². The largest absolute Gasteiger partial charge is 0.397 e. The molecule has 0 fully saturated rings. The van der Waals surface area contributed by atoms with Gasteiger partial charge in [0.25, 0.3) is 5.91 Å². The summed E-state index contributed by atoms with van der Waals surface area (Å²) in [4.78, 5) is 16.6. The number of likely N-dealkylation sites (N-methyl/N-ethyl adjacent to an activating group) is 1. The number of carbonyl (C=O) groups is 1. The average molecular weight is 224 g/mol. The molecule has 1 heterocycles. The van der Waals surface area contributed by atoms with Crippen LogP contribution in [0, 0.1) is 0 Å². The summed E-state index contributed by atoms with van der Waals surface area (Å²) in [7, 11) is 2.03. The van der Waals surface area contributed by atoms with Gasteiger partial charge in [-0.25, -0.2) is 0 Å². The lowest BCUT2D eigenvalue weighted by molar-refractivity contribution is 0.0943. The highest BCUT2D eigenvalue weighted by atomic mass is 16.1. The lowest BCUT2D eigenvalue weighted by Crippen LogP contribution is -2.36. The van der Waals surface area contributed by atoms with E-state index in [1.165, 1.54) is 0 Å². The number of nitrogen functional groups attached to an aromatic ring is 1. The van der Waals surface area contributed by atoms with Crippen LogP contribution in [0.5, 0.6) is 0 Å². The van der Waals surface area contributed by atoms with Crippen molar-refractivity contribution in [2.75, 3.05) is 25.9 Å². The Morgan fingerprint density at radius 3 is 2.81 bits per heavy atom. The van der Waals surface area contributed by atoms with Crippen LogP contribution < -0.4 is 11.1 Å². The van der Waals surface area contributed by atoms with Gasteiger partial charge in [0, 0.05) is 31.0 Å². The number of aromatic nitrogens is 1. The van der Waals surface area contributed by atoms with E-state index in [2.05, 4.69) is 29.0 Å². The normalized spacial score (nSPS) is 11.1. The maximum atomic E-state index is 11.6. The molecule has 0 bridgehead atoms. The predicted octanol–water partition coefficient (Wildman–Crippen LogP) is 0.667. The van der Waals surface area contributed by atoms with Crippen LogP contribution in [0.4, 0.5) is 5.69 Å². The molecule has 0 aliphatic carbocycles. The number of hydrogen-bond acceptors (Lipinski definition) is 3. The van der Waals surface area contributed by atoms with Crippen molar-refractivity contribution in [3.05, 3.63) is 18.0 Å². The van der Waals surface area contributed by atoms with Crippen molar-refractivity contribution in [1.29, 1.82) is 0 Å². The summed E-state index contributed by atoms with van der Waals surface area (Å²) in [6.07, 6.45) is 1.61. The number of anilines is 1. The number of hydrogen-bond donors (Lipinski definition) is 3. The molecule has 0 aliphatic rings. The molecule has 5 heteroatoms. The molecule has 0 saturated carbocycles. The highest BCUT2D eigenvalue weighted by molar-refractivity contribution is 5.93. The fourth-order valence-electron chi connectivity index (χ4n) is 1.24. The van der Waals surface area contributed by atoms with Gasteiger partial charge in [0.1, 0.15) is 5.69 Å². The molecule has 0 unspecified atom stereocenters. The van der Waals surface area contributed by atoms with E-state index in [-0.39, 0.29) is 5.91 Å². The van der Waals surface area contributed by atoms with Gasteiger partial charge in [0.2, 0.25) is 0 Å². The number of H-pyrrole nitrogens is 1. The Kier molecular flexibility index (Phi) is 4.37. The molecule has 0 aliphatic heterocycles. The number of amides is 1. The number of carbonyl (C=O) groups excluding carboxylic acids is 1. The molecule has 4 N–H and O–H groups in total. The summed E-state index contributed by atoms with van der Waals surface area (Å²) in [6, 6.07) is 2.11. The molecule has 1 amide bonds. The van der Waals surface area contributed by atoms with Crippen molar-refractivity contribution < 1.29 is 4.79 Å². The summed E-state index contributed by atoms with van der Waals surface area (Å²) in [5.74, 6) is -0.117. The minimum absolute atomic E-state index is 0.117. The van der Waals surface area contributed by atoms with E-state index < -0.39 is 0 Å². The van der Waals surface area contributed by atoms with Crippen molar-refractivity contribution in [2.24, 2.45) is 0 Å². The van der Waals surface area contributed by atoms with Crippen LogP contribution in [0.1, 0.15) is 24.3 Å². The van der Waals surface area contributed by atoms with E-state index in [0.717, 1.165) is 6.54 Å². The highest BCUT2D eigenvalue weighted by Crippen LogP contribution is 2.03. The van der Waals surface area contributed by atoms with Crippen molar-refractivity contribution in [3.8, 4) is 0 Å². The zero-order valence-corrected chi connectivity index (χ0v) is 10.1. The van der Waals surface area contributed by atoms with E-state index in [9.17, 15) is 4.79 Å². The second-order valence-electron chi connectivity index (χ2n) is 4.18. The smallest absolute Gasteiger partial charge is 0.267 e. The molecule has 16 heavy (non-hydrogen) atoms. The molecular weight excluding hydrogens is 204 g/mol. The molecule has 1 aromatic heterocycles. The van der Waals surface area contributed by atoms with Crippen molar-refractivity contribution in [2.45, 2.75) is 19.9 Å². The third-order valence-corrected chi connectivity index (χ3v) is 2.58. The van der Waals surface area contributed by atoms with E-state index in [1.807, 2.05) is 7.05 Å². The lowest BCUT2D eigenvalue weighted by atomic mass is 10.3. The Hall–Kier alpha value is -1.49. The monoisotopic (exact) mass is 224 g/mol. The SMILES string of the molecule is CC(C)N(C)CCNC(=O)c1cc(N)c[nH]1. The van der Waals surface area contributed by atoms with Crippen LogP contribution >= 0.6 is 0 Å². The number of rotatable bonds is 5. The molecule has 5 nitrogen and oxygen atoms in total. The van der Waals surface area contributed by atoms with E-state index in [1.54, 1.807) is 12.3 Å². The van der Waals surface area contributed by atoms with Gasteiger partial charge in [-0.1, -0.05) is 0 Å². The first-order valence-corrected chi connectivity index (χ1v) is 5.43. The molecule has 0 spiro atoms. The maximum absolute atomic E-state index is 11.6. The molecule has 0 radical (unpaired) electrons. The molecule has 1 aromatic rings. The average Bonchev–Trinajstić information content (AvgIpc) is 2.64. The molecule has 0 aromatic carbocycles. The molecular formula is C11H20N4O. The number of aromatic amines is 1. The highest BCUT2D eigenvalue weighted by Gasteiger charge is 2.08. The van der Waals surface area contributed by atoms with Crippen molar-refractivity contribution >= 4 is 11.6 Å². The van der Waals surface area contributed by atoms with Crippen LogP contribution in [0.2, 0.25) is 0 Å². The van der Waals surface area contributed by atoms with Crippen LogP contribution in [-0.2, 0) is 0 Å². The molecule has 0 atom stereocenters. The number of nitrogens with zero attached hydrogens (tertiary/aromatic N) is 1. The third kappa shape index (κ3) is 3.58. The summed E-state index contributed by atoms with van der Waals surface area (Å²) < 4.78 is 0.